The van der Waals surface area contributed by atoms with Gasteiger partial charge in [-0.3, -0.25) is 4.79 Å². The zero-order valence-corrected chi connectivity index (χ0v) is 16.3. The van der Waals surface area contributed by atoms with Gasteiger partial charge in [-0.25, -0.2) is 4.39 Å². The van der Waals surface area contributed by atoms with Crippen molar-refractivity contribution in [3.05, 3.63) is 52.8 Å². The van der Waals surface area contributed by atoms with E-state index in [9.17, 15) is 22.4 Å². The van der Waals surface area contributed by atoms with Crippen LogP contribution in [0.2, 0.25) is 0 Å². The van der Waals surface area contributed by atoms with Gasteiger partial charge in [0, 0.05) is 5.56 Å². The largest absolute Gasteiger partial charge is 0.496 e. The van der Waals surface area contributed by atoms with E-state index in [0.29, 0.717) is 42.6 Å². The second kappa shape index (κ2) is 10.7. The molecule has 28 heavy (non-hydrogen) atoms. The monoisotopic (exact) mass is 400 g/mol. The molecule has 0 saturated heterocycles. The first-order valence-corrected chi connectivity index (χ1v) is 8.79. The number of halogens is 4. The number of aryl methyl sites for hydroxylation is 2. The zero-order chi connectivity index (χ0) is 21.3. The molecule has 3 nitrogen and oxygen atoms in total. The smallest absolute Gasteiger partial charge is 0.417 e. The molecule has 0 atom stereocenters. The van der Waals surface area contributed by atoms with Gasteiger partial charge in [-0.05, 0) is 61.2 Å². The molecule has 2 aromatic carbocycles. The number of benzene rings is 2. The van der Waals surface area contributed by atoms with Crippen molar-refractivity contribution in [2.45, 2.75) is 39.8 Å². The molecule has 0 saturated carbocycles. The van der Waals surface area contributed by atoms with Gasteiger partial charge < -0.3 is 9.47 Å². The van der Waals surface area contributed by atoms with E-state index in [4.69, 9.17) is 4.74 Å². The van der Waals surface area contributed by atoms with Crippen LogP contribution < -0.4 is 4.74 Å². The van der Waals surface area contributed by atoms with E-state index in [2.05, 4.69) is 4.74 Å². The van der Waals surface area contributed by atoms with E-state index < -0.39 is 11.7 Å². The Morgan fingerprint density at radius 3 is 2.29 bits per heavy atom. The van der Waals surface area contributed by atoms with Crippen molar-refractivity contribution in [2.24, 2.45) is 0 Å². The molecule has 0 bridgehead atoms. The summed E-state index contributed by atoms with van der Waals surface area (Å²) < 4.78 is 63.5. The van der Waals surface area contributed by atoms with Crippen molar-refractivity contribution in [1.29, 1.82) is 0 Å². The van der Waals surface area contributed by atoms with Gasteiger partial charge in [0.25, 0.3) is 6.47 Å². The molecule has 0 spiro atoms. The highest BCUT2D eigenvalue weighted by Gasteiger charge is 2.35. The molecule has 7 heteroatoms. The maximum atomic E-state index is 14.1. The summed E-state index contributed by atoms with van der Waals surface area (Å²) in [7, 11) is 1.32. The molecule has 2 aromatic rings. The lowest BCUT2D eigenvalue weighted by molar-refractivity contribution is -0.137. The number of ether oxygens (including phenoxy) is 2. The first kappa shape index (κ1) is 23.5. The van der Waals surface area contributed by atoms with Crippen molar-refractivity contribution < 1.29 is 31.8 Å². The third-order valence-electron chi connectivity index (χ3n) is 3.92. The average molecular weight is 400 g/mol. The normalized spacial score (nSPS) is 10.7. The van der Waals surface area contributed by atoms with Crippen molar-refractivity contribution in [2.75, 3.05) is 13.7 Å². The minimum absolute atomic E-state index is 0.0528. The van der Waals surface area contributed by atoms with Crippen LogP contribution in [0.5, 0.6) is 5.75 Å². The Balaban J connectivity index is 0.000000696. The Hall–Kier alpha value is -2.57. The summed E-state index contributed by atoms with van der Waals surface area (Å²) in [5, 5.41) is 0. The van der Waals surface area contributed by atoms with Crippen LogP contribution >= 0.6 is 0 Å². The second-order valence-corrected chi connectivity index (χ2v) is 5.95. The highest BCUT2D eigenvalue weighted by molar-refractivity contribution is 5.75. The Bertz CT molecular complexity index is 786. The number of rotatable bonds is 6. The van der Waals surface area contributed by atoms with E-state index in [1.54, 1.807) is 13.8 Å². The number of methoxy groups -OCH3 is 1. The lowest BCUT2D eigenvalue weighted by Crippen LogP contribution is -2.08. The van der Waals surface area contributed by atoms with Crippen LogP contribution in [0.25, 0.3) is 11.1 Å². The maximum absolute atomic E-state index is 14.1. The predicted molar refractivity (Wildman–Crippen MR) is 99.8 cm³/mol. The highest BCUT2D eigenvalue weighted by atomic mass is 19.4. The van der Waals surface area contributed by atoms with Gasteiger partial charge in [-0.1, -0.05) is 19.4 Å². The Labute approximate surface area is 162 Å². The summed E-state index contributed by atoms with van der Waals surface area (Å²) in [4.78, 5) is 9.18. The summed E-state index contributed by atoms with van der Waals surface area (Å²) in [5.41, 5.74) is 0.219. The second-order valence-electron chi connectivity index (χ2n) is 5.95. The van der Waals surface area contributed by atoms with Crippen LogP contribution in [0.1, 0.15) is 37.0 Å². The lowest BCUT2D eigenvalue weighted by atomic mass is 9.93. The van der Waals surface area contributed by atoms with Gasteiger partial charge >= 0.3 is 6.18 Å². The van der Waals surface area contributed by atoms with Crippen molar-refractivity contribution >= 4 is 6.47 Å². The molecule has 154 valence electrons. The van der Waals surface area contributed by atoms with E-state index in [-0.39, 0.29) is 17.1 Å². The molecule has 0 aromatic heterocycles. The fourth-order valence-electron chi connectivity index (χ4n) is 2.74. The molecule has 0 aliphatic rings. The van der Waals surface area contributed by atoms with E-state index >= 15 is 0 Å². The Morgan fingerprint density at radius 1 is 1.14 bits per heavy atom. The molecule has 2 rings (SSSR count). The third-order valence-corrected chi connectivity index (χ3v) is 3.92. The number of hydrogen-bond donors (Lipinski definition) is 0. The third kappa shape index (κ3) is 5.97. The van der Waals surface area contributed by atoms with Crippen LogP contribution in [0.4, 0.5) is 17.6 Å². The fourth-order valence-corrected chi connectivity index (χ4v) is 2.74. The van der Waals surface area contributed by atoms with Gasteiger partial charge in [0.05, 0.1) is 19.3 Å². The van der Waals surface area contributed by atoms with Gasteiger partial charge in [-0.15, -0.1) is 0 Å². The molecule has 0 aliphatic carbocycles. The van der Waals surface area contributed by atoms with Gasteiger partial charge in [0.2, 0.25) is 0 Å². The number of alkyl halides is 3. The molecule has 0 heterocycles. The summed E-state index contributed by atoms with van der Waals surface area (Å²) >= 11 is 0. The van der Waals surface area contributed by atoms with Crippen molar-refractivity contribution in [3.63, 3.8) is 0 Å². The summed E-state index contributed by atoms with van der Waals surface area (Å²) in [6.45, 7) is 6.12. The predicted octanol–water partition coefficient (Wildman–Crippen LogP) is 5.96. The van der Waals surface area contributed by atoms with Crippen LogP contribution in [0.15, 0.2) is 30.3 Å². The molecule has 0 N–H and O–H groups in total. The molecule has 0 aliphatic heterocycles. The first-order valence-electron chi connectivity index (χ1n) is 8.79. The van der Waals surface area contributed by atoms with Crippen LogP contribution in [0, 0.1) is 12.7 Å². The Kier molecular flexibility index (Phi) is 8.96. The molecule has 0 unspecified atom stereocenters. The molecule has 0 radical (unpaired) electrons. The van der Waals surface area contributed by atoms with Crippen LogP contribution in [0.3, 0.4) is 0 Å². The van der Waals surface area contributed by atoms with E-state index in [1.807, 2.05) is 6.92 Å². The van der Waals surface area contributed by atoms with Crippen molar-refractivity contribution in [1.82, 2.24) is 0 Å². The Morgan fingerprint density at radius 2 is 1.82 bits per heavy atom. The number of carbonyl (C=O) groups excluding carboxylic acids is 1. The van der Waals surface area contributed by atoms with Gasteiger partial charge in [-0.2, -0.15) is 13.2 Å². The van der Waals surface area contributed by atoms with E-state index in [0.717, 1.165) is 6.07 Å². The minimum Gasteiger partial charge on any atom is -0.496 e. The lowest BCUT2D eigenvalue weighted by Gasteiger charge is -2.18. The van der Waals surface area contributed by atoms with Gasteiger partial charge in [0.1, 0.15) is 11.6 Å². The quantitative estimate of drug-likeness (QED) is 0.443. The standard InChI is InChI=1S/C18H18F4O.C3H6O2/c1-4-6-12-10-13(9-11(2)17(12)19)16-14(18(20,21)22)7-5-8-15(16)23-3;1-2-5-3-4/h5,7-10H,4,6H2,1-3H3;3H,2H2,1H3. The molecule has 0 fully saturated rings. The summed E-state index contributed by atoms with van der Waals surface area (Å²) in [6, 6.07) is 6.70. The molecular weight excluding hydrogens is 376 g/mol. The summed E-state index contributed by atoms with van der Waals surface area (Å²) in [6.07, 6.45) is -3.34. The molecule has 0 amide bonds. The topological polar surface area (TPSA) is 35.5 Å². The zero-order valence-electron chi connectivity index (χ0n) is 16.3. The van der Waals surface area contributed by atoms with Gasteiger partial charge in [0.15, 0.2) is 0 Å². The van der Waals surface area contributed by atoms with E-state index in [1.165, 1.54) is 31.4 Å². The van der Waals surface area contributed by atoms with Crippen molar-refractivity contribution in [3.8, 4) is 16.9 Å². The first-order chi connectivity index (χ1) is 13.2. The average Bonchev–Trinajstić information content (AvgIpc) is 2.65. The van der Waals surface area contributed by atoms with Crippen LogP contribution in [-0.4, -0.2) is 20.2 Å². The fraction of sp³-hybridized carbons (Fsp3) is 0.381. The summed E-state index contributed by atoms with van der Waals surface area (Å²) in [5.74, 6) is -0.243. The molecular formula is C21H24F4O3. The van der Waals surface area contributed by atoms with Crippen LogP contribution in [-0.2, 0) is 22.1 Å². The SMILES string of the molecule is CCCc1cc(-c2c(OC)cccc2C(F)(F)F)cc(C)c1F.CCOC=O. The maximum Gasteiger partial charge on any atom is 0.417 e. The number of hydrogen-bond acceptors (Lipinski definition) is 3. The minimum atomic E-state index is -4.52. The number of carbonyl (C=O) groups is 1. The highest BCUT2D eigenvalue weighted by Crippen LogP contribution is 2.42.